The molecule has 0 aromatic heterocycles. The Morgan fingerprint density at radius 3 is 2.56 bits per heavy atom. The number of methoxy groups -OCH3 is 1. The van der Waals surface area contributed by atoms with E-state index < -0.39 is 0 Å². The van der Waals surface area contributed by atoms with Crippen molar-refractivity contribution in [2.75, 3.05) is 7.11 Å². The predicted molar refractivity (Wildman–Crippen MR) is 65.2 cm³/mol. The van der Waals surface area contributed by atoms with E-state index in [-0.39, 0.29) is 0 Å². The largest absolute Gasteiger partial charge is 0.497 e. The third-order valence-corrected chi connectivity index (χ3v) is 2.50. The molecule has 0 amide bonds. The van der Waals surface area contributed by atoms with Crippen LogP contribution in [0.15, 0.2) is 42.5 Å². The lowest BCUT2D eigenvalue weighted by Crippen LogP contribution is -1.95. The zero-order chi connectivity index (χ0) is 11.4. The molecule has 0 fully saturated rings. The van der Waals surface area contributed by atoms with E-state index in [1.807, 2.05) is 36.4 Å². The molecule has 1 radical (unpaired) electrons. The number of ether oxygens (including phenoxy) is 1. The monoisotopic (exact) mass is 212 g/mol. The Kier molecular flexibility index (Phi) is 3.22. The van der Waals surface area contributed by atoms with Crippen LogP contribution in [0.1, 0.15) is 5.56 Å². The van der Waals surface area contributed by atoms with Gasteiger partial charge < -0.3 is 10.5 Å². The highest BCUT2D eigenvalue weighted by Gasteiger charge is 1.99. The molecule has 0 saturated carbocycles. The van der Waals surface area contributed by atoms with Crippen molar-refractivity contribution < 1.29 is 4.74 Å². The Balaban J connectivity index is 2.34. The van der Waals surface area contributed by atoms with Crippen LogP contribution in [0.2, 0.25) is 0 Å². The van der Waals surface area contributed by atoms with Crippen LogP contribution in [0.5, 0.6) is 5.75 Å². The molecule has 16 heavy (non-hydrogen) atoms. The first-order valence-electron chi connectivity index (χ1n) is 5.18. The van der Waals surface area contributed by atoms with Crippen LogP contribution in [0.25, 0.3) is 11.1 Å². The zero-order valence-corrected chi connectivity index (χ0v) is 9.23. The quantitative estimate of drug-likeness (QED) is 0.848. The molecule has 81 valence electrons. The molecule has 2 aromatic carbocycles. The van der Waals surface area contributed by atoms with Gasteiger partial charge in [-0.2, -0.15) is 0 Å². The van der Waals surface area contributed by atoms with Crippen LogP contribution in [-0.4, -0.2) is 7.11 Å². The summed E-state index contributed by atoms with van der Waals surface area (Å²) in [6.45, 7) is 0.553. The van der Waals surface area contributed by atoms with Crippen molar-refractivity contribution in [3.05, 3.63) is 54.1 Å². The van der Waals surface area contributed by atoms with Crippen LogP contribution >= 0.6 is 0 Å². The Bertz CT molecular complexity index is 462. The summed E-state index contributed by atoms with van der Waals surface area (Å²) in [6.07, 6.45) is 0. The highest BCUT2D eigenvalue weighted by atomic mass is 16.5. The number of nitrogens with two attached hydrogens (primary N) is 1. The molecule has 0 aliphatic rings. The summed E-state index contributed by atoms with van der Waals surface area (Å²) < 4.78 is 5.12. The summed E-state index contributed by atoms with van der Waals surface area (Å²) in [6, 6.07) is 17.1. The van der Waals surface area contributed by atoms with Crippen molar-refractivity contribution in [3.63, 3.8) is 0 Å². The smallest absolute Gasteiger partial charge is 0.118 e. The zero-order valence-electron chi connectivity index (χ0n) is 9.23. The number of rotatable bonds is 3. The fourth-order valence-electron chi connectivity index (χ4n) is 1.58. The third kappa shape index (κ3) is 2.23. The van der Waals surface area contributed by atoms with Gasteiger partial charge in [-0.25, -0.2) is 0 Å². The van der Waals surface area contributed by atoms with Crippen LogP contribution in [0.3, 0.4) is 0 Å². The molecule has 0 aliphatic heterocycles. The highest BCUT2D eigenvalue weighted by Crippen LogP contribution is 2.22. The Morgan fingerprint density at radius 1 is 1.19 bits per heavy atom. The first-order chi connectivity index (χ1) is 7.83. The lowest BCUT2D eigenvalue weighted by molar-refractivity contribution is 0.415. The normalized spacial score (nSPS) is 10.1. The van der Waals surface area contributed by atoms with Crippen LogP contribution in [0.4, 0.5) is 0 Å². The molecule has 2 nitrogen and oxygen atoms in total. The molecule has 2 heteroatoms. The van der Waals surface area contributed by atoms with E-state index in [1.165, 1.54) is 0 Å². The minimum atomic E-state index is 0.553. The second-order valence-electron chi connectivity index (χ2n) is 3.54. The van der Waals surface area contributed by atoms with E-state index >= 15 is 0 Å². The number of hydrogen-bond donors (Lipinski definition) is 1. The van der Waals surface area contributed by atoms with Crippen molar-refractivity contribution in [1.29, 1.82) is 0 Å². The lowest BCUT2D eigenvalue weighted by atomic mass is 10.0. The maximum absolute atomic E-state index is 5.61. The van der Waals surface area contributed by atoms with E-state index in [2.05, 4.69) is 12.1 Å². The average molecular weight is 212 g/mol. The third-order valence-electron chi connectivity index (χ3n) is 2.50. The molecular weight excluding hydrogens is 198 g/mol. The van der Waals surface area contributed by atoms with Gasteiger partial charge in [0.05, 0.1) is 7.11 Å². The molecule has 2 rings (SSSR count). The van der Waals surface area contributed by atoms with E-state index in [0.717, 1.165) is 22.4 Å². The Labute approximate surface area is 95.7 Å². The van der Waals surface area contributed by atoms with Crippen molar-refractivity contribution >= 4 is 0 Å². The summed E-state index contributed by atoms with van der Waals surface area (Å²) in [5.74, 6) is 0.860. The summed E-state index contributed by atoms with van der Waals surface area (Å²) >= 11 is 0. The molecule has 2 N–H and O–H groups in total. The molecule has 0 aliphatic carbocycles. The van der Waals surface area contributed by atoms with Crippen LogP contribution < -0.4 is 10.5 Å². The highest BCUT2D eigenvalue weighted by molar-refractivity contribution is 5.64. The topological polar surface area (TPSA) is 35.2 Å². The fraction of sp³-hybridized carbons (Fsp3) is 0.143. The molecular formula is C14H14NO. The van der Waals surface area contributed by atoms with Gasteiger partial charge in [0, 0.05) is 6.54 Å². The second-order valence-corrected chi connectivity index (χ2v) is 3.54. The van der Waals surface area contributed by atoms with Crippen molar-refractivity contribution in [2.24, 2.45) is 5.73 Å². The standard InChI is InChI=1S/C14H14NO/c1-16-14-7-5-12(6-8-14)13-4-2-3-11(9-13)10-15/h2-3,5-9H,10,15H2,1H3. The summed E-state index contributed by atoms with van der Waals surface area (Å²) in [7, 11) is 1.66. The molecule has 2 aromatic rings. The van der Waals surface area contributed by atoms with Gasteiger partial charge in [0.2, 0.25) is 0 Å². The van der Waals surface area contributed by atoms with Crippen molar-refractivity contribution in [2.45, 2.75) is 6.54 Å². The first kappa shape index (κ1) is 10.7. The van der Waals surface area contributed by atoms with Gasteiger partial charge >= 0.3 is 0 Å². The summed E-state index contributed by atoms with van der Waals surface area (Å²) in [5.41, 5.74) is 8.91. The van der Waals surface area contributed by atoms with Gasteiger partial charge in [0.15, 0.2) is 0 Å². The van der Waals surface area contributed by atoms with E-state index in [0.29, 0.717) is 6.54 Å². The predicted octanol–water partition coefficient (Wildman–Crippen LogP) is 2.62. The van der Waals surface area contributed by atoms with Crippen molar-refractivity contribution in [3.8, 4) is 16.9 Å². The average Bonchev–Trinajstić information content (AvgIpc) is 2.39. The lowest BCUT2D eigenvalue weighted by Gasteiger charge is -2.05. The van der Waals surface area contributed by atoms with Crippen LogP contribution in [-0.2, 0) is 6.54 Å². The molecule has 0 atom stereocenters. The molecule has 0 saturated heterocycles. The van der Waals surface area contributed by atoms with Gasteiger partial charge in [-0.1, -0.05) is 24.3 Å². The summed E-state index contributed by atoms with van der Waals surface area (Å²) in [5, 5.41) is 0. The summed E-state index contributed by atoms with van der Waals surface area (Å²) in [4.78, 5) is 0. The van der Waals surface area contributed by atoms with E-state index in [9.17, 15) is 0 Å². The van der Waals surface area contributed by atoms with Gasteiger partial charge in [0.1, 0.15) is 5.75 Å². The number of benzene rings is 2. The van der Waals surface area contributed by atoms with E-state index in [1.54, 1.807) is 7.11 Å². The molecule has 0 bridgehead atoms. The molecule has 0 unspecified atom stereocenters. The Morgan fingerprint density at radius 2 is 1.94 bits per heavy atom. The minimum absolute atomic E-state index is 0.553. The second kappa shape index (κ2) is 4.81. The maximum atomic E-state index is 5.61. The van der Waals surface area contributed by atoms with Gasteiger partial charge in [0.25, 0.3) is 0 Å². The molecule has 0 spiro atoms. The maximum Gasteiger partial charge on any atom is 0.118 e. The van der Waals surface area contributed by atoms with Crippen LogP contribution in [0, 0.1) is 6.07 Å². The van der Waals surface area contributed by atoms with Gasteiger partial charge in [-0.05, 0) is 41.0 Å². The Hall–Kier alpha value is -1.80. The van der Waals surface area contributed by atoms with E-state index in [4.69, 9.17) is 10.5 Å². The minimum Gasteiger partial charge on any atom is -0.497 e. The number of hydrogen-bond acceptors (Lipinski definition) is 2. The van der Waals surface area contributed by atoms with Crippen molar-refractivity contribution in [1.82, 2.24) is 0 Å². The van der Waals surface area contributed by atoms with Gasteiger partial charge in [-0.15, -0.1) is 0 Å². The fourth-order valence-corrected chi connectivity index (χ4v) is 1.58. The molecule has 0 heterocycles. The van der Waals surface area contributed by atoms with Gasteiger partial charge in [-0.3, -0.25) is 0 Å². The SMILES string of the molecule is COc1ccc(-c2[c]ccc(CN)c2)cc1. The first-order valence-corrected chi connectivity index (χ1v) is 5.18.